The highest BCUT2D eigenvalue weighted by molar-refractivity contribution is 6.42. The molecule has 1 heterocycles. The molecule has 0 saturated carbocycles. The van der Waals surface area contributed by atoms with Crippen molar-refractivity contribution in [1.29, 1.82) is 0 Å². The lowest BCUT2D eigenvalue weighted by molar-refractivity contribution is -0.117. The number of nitrogens with one attached hydrogen (secondary N) is 1. The summed E-state index contributed by atoms with van der Waals surface area (Å²) >= 11 is 18.4. The maximum absolute atomic E-state index is 13.1. The van der Waals surface area contributed by atoms with Gasteiger partial charge in [-0.25, -0.2) is 9.97 Å². The van der Waals surface area contributed by atoms with E-state index >= 15 is 0 Å². The number of nitrogens with zero attached hydrogens (tertiary/aromatic N) is 3. The van der Waals surface area contributed by atoms with Gasteiger partial charge in [0.1, 0.15) is 0 Å². The molecule has 2 amide bonds. The lowest BCUT2D eigenvalue weighted by atomic mass is 10.1. The van der Waals surface area contributed by atoms with Crippen LogP contribution in [-0.4, -0.2) is 34.6 Å². The Kier molecular flexibility index (Phi) is 7.80. The number of carbonyl (C=O) groups is 3. The minimum atomic E-state index is -0.525. The number of benzene rings is 2. The van der Waals surface area contributed by atoms with Gasteiger partial charge < -0.3 is 10.2 Å². The summed E-state index contributed by atoms with van der Waals surface area (Å²) in [7, 11) is 1.49. The highest BCUT2D eigenvalue weighted by atomic mass is 35.5. The standard InChI is InChI=1S/C22H17Cl3N4O3/c1-26-22(32)15-5-4-14(10-17(15)24)29(12-13-3-6-16(23)18(25)9-13)20(31)11-19(30)21-27-7-2-8-28-21/h2-10H,11-12H2,1H3,(H,26,32). The first-order chi connectivity index (χ1) is 15.3. The number of halogens is 3. The average Bonchev–Trinajstić information content (AvgIpc) is 2.79. The van der Waals surface area contributed by atoms with Crippen molar-refractivity contribution in [2.24, 2.45) is 0 Å². The van der Waals surface area contributed by atoms with Gasteiger partial charge >= 0.3 is 0 Å². The number of aromatic nitrogens is 2. The smallest absolute Gasteiger partial charge is 0.252 e. The zero-order valence-electron chi connectivity index (χ0n) is 16.8. The average molecular weight is 492 g/mol. The molecule has 0 radical (unpaired) electrons. The van der Waals surface area contributed by atoms with E-state index in [-0.39, 0.29) is 28.9 Å². The van der Waals surface area contributed by atoms with Crippen LogP contribution in [0.5, 0.6) is 0 Å². The third-order valence-electron chi connectivity index (χ3n) is 4.49. The Morgan fingerprint density at radius 2 is 1.66 bits per heavy atom. The van der Waals surface area contributed by atoms with Crippen molar-refractivity contribution in [1.82, 2.24) is 15.3 Å². The lowest BCUT2D eigenvalue weighted by Gasteiger charge is -2.24. The third kappa shape index (κ3) is 5.62. The highest BCUT2D eigenvalue weighted by Gasteiger charge is 2.23. The van der Waals surface area contributed by atoms with Crippen molar-refractivity contribution in [3.63, 3.8) is 0 Å². The summed E-state index contributed by atoms with van der Waals surface area (Å²) in [6, 6.07) is 11.1. The van der Waals surface area contributed by atoms with E-state index in [4.69, 9.17) is 34.8 Å². The van der Waals surface area contributed by atoms with Crippen LogP contribution in [0, 0.1) is 0 Å². The Balaban J connectivity index is 1.94. The molecule has 0 aliphatic rings. The first-order valence-electron chi connectivity index (χ1n) is 9.36. The first kappa shape index (κ1) is 23.7. The van der Waals surface area contributed by atoms with Crippen molar-refractivity contribution in [3.8, 4) is 0 Å². The van der Waals surface area contributed by atoms with E-state index in [0.29, 0.717) is 21.3 Å². The van der Waals surface area contributed by atoms with E-state index in [1.807, 2.05) is 0 Å². The molecule has 7 nitrogen and oxygen atoms in total. The molecule has 3 aromatic rings. The van der Waals surface area contributed by atoms with Gasteiger partial charge in [0, 0.05) is 25.1 Å². The van der Waals surface area contributed by atoms with Gasteiger partial charge in [0.05, 0.1) is 33.6 Å². The topological polar surface area (TPSA) is 92.3 Å². The zero-order chi connectivity index (χ0) is 23.3. The molecule has 32 heavy (non-hydrogen) atoms. The maximum atomic E-state index is 13.1. The van der Waals surface area contributed by atoms with Gasteiger partial charge in [0.15, 0.2) is 5.82 Å². The van der Waals surface area contributed by atoms with Gasteiger partial charge in [-0.2, -0.15) is 0 Å². The quantitative estimate of drug-likeness (QED) is 0.385. The summed E-state index contributed by atoms with van der Waals surface area (Å²) < 4.78 is 0. The maximum Gasteiger partial charge on any atom is 0.252 e. The van der Waals surface area contributed by atoms with Crippen LogP contribution in [0.2, 0.25) is 15.1 Å². The van der Waals surface area contributed by atoms with Crippen molar-refractivity contribution in [3.05, 3.63) is 86.9 Å². The van der Waals surface area contributed by atoms with Crippen LogP contribution in [0.15, 0.2) is 54.9 Å². The van der Waals surface area contributed by atoms with Crippen molar-refractivity contribution in [2.75, 3.05) is 11.9 Å². The summed E-state index contributed by atoms with van der Waals surface area (Å²) in [5.74, 6) is -1.44. The summed E-state index contributed by atoms with van der Waals surface area (Å²) in [6.45, 7) is 0.0916. The minimum absolute atomic E-state index is 0.0525. The molecule has 0 bridgehead atoms. The summed E-state index contributed by atoms with van der Waals surface area (Å²) in [6.07, 6.45) is 2.39. The third-order valence-corrected chi connectivity index (χ3v) is 5.54. The largest absolute Gasteiger partial charge is 0.355 e. The molecule has 0 unspecified atom stereocenters. The Bertz CT molecular complexity index is 1170. The van der Waals surface area contributed by atoms with E-state index in [0.717, 1.165) is 0 Å². The second-order valence-electron chi connectivity index (χ2n) is 6.64. The van der Waals surface area contributed by atoms with Gasteiger partial charge in [-0.15, -0.1) is 0 Å². The van der Waals surface area contributed by atoms with E-state index in [1.165, 1.54) is 36.5 Å². The zero-order valence-corrected chi connectivity index (χ0v) is 19.1. The molecule has 164 valence electrons. The van der Waals surface area contributed by atoms with Crippen LogP contribution >= 0.6 is 34.8 Å². The van der Waals surface area contributed by atoms with E-state index in [2.05, 4.69) is 15.3 Å². The molecule has 0 aliphatic carbocycles. The number of amides is 2. The molecule has 0 aliphatic heterocycles. The molecule has 0 spiro atoms. The number of Topliss-reactive ketones (excluding diaryl/α,β-unsaturated/α-hetero) is 1. The number of hydrogen-bond acceptors (Lipinski definition) is 5. The molecule has 2 aromatic carbocycles. The molecule has 1 N–H and O–H groups in total. The van der Waals surface area contributed by atoms with Crippen LogP contribution in [0.25, 0.3) is 0 Å². The van der Waals surface area contributed by atoms with Crippen LogP contribution in [0.3, 0.4) is 0 Å². The normalized spacial score (nSPS) is 10.5. The minimum Gasteiger partial charge on any atom is -0.355 e. The summed E-state index contributed by atoms with van der Waals surface area (Å²) in [5.41, 5.74) is 1.34. The van der Waals surface area contributed by atoms with Crippen molar-refractivity contribution >= 4 is 58.1 Å². The molecule has 0 atom stereocenters. The molecular weight excluding hydrogens is 475 g/mol. The molecule has 0 fully saturated rings. The highest BCUT2D eigenvalue weighted by Crippen LogP contribution is 2.28. The predicted molar refractivity (Wildman–Crippen MR) is 123 cm³/mol. The first-order valence-corrected chi connectivity index (χ1v) is 10.5. The summed E-state index contributed by atoms with van der Waals surface area (Å²) in [4.78, 5) is 46.8. The van der Waals surface area contributed by atoms with Crippen LogP contribution in [0.4, 0.5) is 5.69 Å². The SMILES string of the molecule is CNC(=O)c1ccc(N(Cc2ccc(Cl)c(Cl)c2)C(=O)CC(=O)c2ncccn2)cc1Cl. The summed E-state index contributed by atoms with van der Waals surface area (Å²) in [5, 5.41) is 3.37. The van der Waals surface area contributed by atoms with Gasteiger partial charge in [0.2, 0.25) is 11.7 Å². The van der Waals surface area contributed by atoms with Gasteiger partial charge in [-0.05, 0) is 42.0 Å². The number of ketones is 1. The second kappa shape index (κ2) is 10.5. The number of hydrogen-bond donors (Lipinski definition) is 1. The van der Waals surface area contributed by atoms with Crippen LogP contribution in [0.1, 0.15) is 33.0 Å². The fourth-order valence-corrected chi connectivity index (χ4v) is 3.47. The van der Waals surface area contributed by atoms with E-state index < -0.39 is 18.1 Å². The van der Waals surface area contributed by atoms with Crippen molar-refractivity contribution in [2.45, 2.75) is 13.0 Å². The monoisotopic (exact) mass is 490 g/mol. The molecular formula is C22H17Cl3N4O3. The fraction of sp³-hybridized carbons (Fsp3) is 0.136. The number of rotatable bonds is 7. The Labute approximate surface area is 199 Å². The molecule has 10 heteroatoms. The fourth-order valence-electron chi connectivity index (χ4n) is 2.89. The Morgan fingerprint density at radius 1 is 0.938 bits per heavy atom. The lowest BCUT2D eigenvalue weighted by Crippen LogP contribution is -2.32. The second-order valence-corrected chi connectivity index (χ2v) is 7.87. The van der Waals surface area contributed by atoms with Crippen LogP contribution < -0.4 is 10.2 Å². The molecule has 3 rings (SSSR count). The number of anilines is 1. The Morgan fingerprint density at radius 3 is 2.28 bits per heavy atom. The van der Waals surface area contributed by atoms with E-state index in [9.17, 15) is 14.4 Å². The molecule has 1 aromatic heterocycles. The van der Waals surface area contributed by atoms with Gasteiger partial charge in [-0.1, -0.05) is 40.9 Å². The Hall–Kier alpha value is -3.00. The van der Waals surface area contributed by atoms with Gasteiger partial charge in [-0.3, -0.25) is 14.4 Å². The van der Waals surface area contributed by atoms with Gasteiger partial charge in [0.25, 0.3) is 5.91 Å². The predicted octanol–water partition coefficient (Wildman–Crippen LogP) is 4.60. The van der Waals surface area contributed by atoms with E-state index in [1.54, 1.807) is 30.3 Å². The number of carbonyl (C=O) groups excluding carboxylic acids is 3. The van der Waals surface area contributed by atoms with Crippen LogP contribution in [-0.2, 0) is 11.3 Å². The van der Waals surface area contributed by atoms with Crippen molar-refractivity contribution < 1.29 is 14.4 Å². The molecule has 0 saturated heterocycles.